The van der Waals surface area contributed by atoms with Crippen LogP contribution in [0.4, 0.5) is 0 Å². The quantitative estimate of drug-likeness (QED) is 0.482. The van der Waals surface area contributed by atoms with Crippen molar-refractivity contribution in [1.29, 1.82) is 0 Å². The summed E-state index contributed by atoms with van der Waals surface area (Å²) in [7, 11) is -3.20. The Morgan fingerprint density at radius 1 is 1.33 bits per heavy atom. The molecule has 0 bridgehead atoms. The SMILES string of the molecule is CCNC1COCC1C(=O)NCCNS(C)(=O)=O. The van der Waals surface area contributed by atoms with E-state index in [0.717, 1.165) is 12.8 Å². The van der Waals surface area contributed by atoms with Crippen LogP contribution < -0.4 is 15.4 Å². The Hall–Kier alpha value is -0.700. The molecule has 0 radical (unpaired) electrons. The van der Waals surface area contributed by atoms with Crippen LogP contribution in [0.5, 0.6) is 0 Å². The van der Waals surface area contributed by atoms with Gasteiger partial charge >= 0.3 is 0 Å². The third-order valence-corrected chi connectivity index (χ3v) is 3.40. The van der Waals surface area contributed by atoms with Crippen LogP contribution in [0.2, 0.25) is 0 Å². The molecular formula is C10H21N3O4S. The Morgan fingerprint density at radius 3 is 2.67 bits per heavy atom. The van der Waals surface area contributed by atoms with E-state index in [1.807, 2.05) is 6.92 Å². The van der Waals surface area contributed by atoms with Crippen LogP contribution in [-0.2, 0) is 19.6 Å². The van der Waals surface area contributed by atoms with Crippen molar-refractivity contribution in [1.82, 2.24) is 15.4 Å². The zero-order chi connectivity index (χ0) is 13.6. The number of rotatable bonds is 7. The molecule has 0 aromatic rings. The van der Waals surface area contributed by atoms with Gasteiger partial charge in [0.05, 0.1) is 25.4 Å². The molecule has 106 valence electrons. The lowest BCUT2D eigenvalue weighted by molar-refractivity contribution is -0.125. The summed E-state index contributed by atoms with van der Waals surface area (Å²) in [6.07, 6.45) is 1.08. The Morgan fingerprint density at radius 2 is 2.06 bits per heavy atom. The second-order valence-corrected chi connectivity index (χ2v) is 6.10. The highest BCUT2D eigenvalue weighted by Crippen LogP contribution is 2.13. The van der Waals surface area contributed by atoms with Crippen molar-refractivity contribution in [3.05, 3.63) is 0 Å². The van der Waals surface area contributed by atoms with Crippen molar-refractivity contribution in [3.8, 4) is 0 Å². The number of hydrogen-bond donors (Lipinski definition) is 3. The fourth-order valence-corrected chi connectivity index (χ4v) is 2.30. The first kappa shape index (κ1) is 15.4. The lowest BCUT2D eigenvalue weighted by Gasteiger charge is -2.17. The van der Waals surface area contributed by atoms with Crippen molar-refractivity contribution in [2.24, 2.45) is 5.92 Å². The molecule has 0 saturated carbocycles. The van der Waals surface area contributed by atoms with E-state index in [-0.39, 0.29) is 31.0 Å². The van der Waals surface area contributed by atoms with Gasteiger partial charge in [-0.2, -0.15) is 0 Å². The van der Waals surface area contributed by atoms with E-state index in [1.54, 1.807) is 0 Å². The highest BCUT2D eigenvalue weighted by molar-refractivity contribution is 7.88. The summed E-state index contributed by atoms with van der Waals surface area (Å²) >= 11 is 0. The summed E-state index contributed by atoms with van der Waals surface area (Å²) in [5, 5.41) is 5.89. The van der Waals surface area contributed by atoms with Crippen LogP contribution in [0.3, 0.4) is 0 Å². The lowest BCUT2D eigenvalue weighted by Crippen LogP contribution is -2.45. The molecule has 1 amide bonds. The molecule has 1 heterocycles. The van der Waals surface area contributed by atoms with Crippen molar-refractivity contribution in [2.45, 2.75) is 13.0 Å². The van der Waals surface area contributed by atoms with Crippen LogP contribution in [0.15, 0.2) is 0 Å². The molecule has 1 aliphatic rings. The normalized spacial score (nSPS) is 24.1. The van der Waals surface area contributed by atoms with Gasteiger partial charge in [-0.05, 0) is 6.54 Å². The van der Waals surface area contributed by atoms with E-state index < -0.39 is 10.0 Å². The molecule has 0 spiro atoms. The van der Waals surface area contributed by atoms with Crippen LogP contribution in [-0.4, -0.2) is 59.5 Å². The zero-order valence-electron chi connectivity index (χ0n) is 10.7. The van der Waals surface area contributed by atoms with Gasteiger partial charge in [-0.15, -0.1) is 0 Å². The van der Waals surface area contributed by atoms with Crippen LogP contribution in [0.1, 0.15) is 6.92 Å². The van der Waals surface area contributed by atoms with E-state index in [1.165, 1.54) is 0 Å². The first-order valence-electron chi connectivity index (χ1n) is 5.97. The number of amides is 1. The monoisotopic (exact) mass is 279 g/mol. The van der Waals surface area contributed by atoms with Gasteiger partial charge in [-0.1, -0.05) is 6.92 Å². The minimum atomic E-state index is -3.20. The summed E-state index contributed by atoms with van der Waals surface area (Å²) in [6.45, 7) is 4.18. The number of hydrogen-bond acceptors (Lipinski definition) is 5. The Bertz CT molecular complexity index is 371. The van der Waals surface area contributed by atoms with Gasteiger partial charge in [0.2, 0.25) is 15.9 Å². The van der Waals surface area contributed by atoms with E-state index in [2.05, 4.69) is 15.4 Å². The third-order valence-electron chi connectivity index (χ3n) is 2.67. The van der Waals surface area contributed by atoms with Gasteiger partial charge in [0.15, 0.2) is 0 Å². The lowest BCUT2D eigenvalue weighted by atomic mass is 10.0. The molecule has 1 saturated heterocycles. The van der Waals surface area contributed by atoms with Gasteiger partial charge in [0.25, 0.3) is 0 Å². The molecule has 3 N–H and O–H groups in total. The first-order chi connectivity index (χ1) is 8.44. The molecule has 0 aliphatic carbocycles. The average molecular weight is 279 g/mol. The first-order valence-corrected chi connectivity index (χ1v) is 7.86. The van der Waals surface area contributed by atoms with Gasteiger partial charge in [-0.3, -0.25) is 4.79 Å². The van der Waals surface area contributed by atoms with E-state index >= 15 is 0 Å². The summed E-state index contributed by atoms with van der Waals surface area (Å²) in [5.74, 6) is -0.308. The van der Waals surface area contributed by atoms with Gasteiger partial charge < -0.3 is 15.4 Å². The van der Waals surface area contributed by atoms with Crippen molar-refractivity contribution in [2.75, 3.05) is 39.1 Å². The van der Waals surface area contributed by atoms with E-state index in [0.29, 0.717) is 13.2 Å². The molecule has 0 aromatic heterocycles. The highest BCUT2D eigenvalue weighted by Gasteiger charge is 2.33. The van der Waals surface area contributed by atoms with Crippen LogP contribution in [0, 0.1) is 5.92 Å². The van der Waals surface area contributed by atoms with Gasteiger partial charge in [0, 0.05) is 19.1 Å². The number of likely N-dealkylation sites (N-methyl/N-ethyl adjacent to an activating group) is 1. The van der Waals surface area contributed by atoms with Crippen LogP contribution >= 0.6 is 0 Å². The zero-order valence-corrected chi connectivity index (χ0v) is 11.5. The number of sulfonamides is 1. The summed E-state index contributed by atoms with van der Waals surface area (Å²) in [5.41, 5.74) is 0. The Balaban J connectivity index is 2.28. The predicted molar refractivity (Wildman–Crippen MR) is 67.6 cm³/mol. The van der Waals surface area contributed by atoms with Crippen molar-refractivity contribution < 1.29 is 17.9 Å². The topological polar surface area (TPSA) is 96.5 Å². The maximum atomic E-state index is 11.8. The van der Waals surface area contributed by atoms with E-state index in [9.17, 15) is 13.2 Å². The Kier molecular flexibility index (Phi) is 6.00. The molecule has 1 rings (SSSR count). The van der Waals surface area contributed by atoms with E-state index in [4.69, 9.17) is 4.74 Å². The predicted octanol–water partition coefficient (Wildman–Crippen LogP) is -1.72. The maximum absolute atomic E-state index is 11.8. The maximum Gasteiger partial charge on any atom is 0.227 e. The second kappa shape index (κ2) is 7.03. The minimum Gasteiger partial charge on any atom is -0.379 e. The molecule has 0 aromatic carbocycles. The van der Waals surface area contributed by atoms with Gasteiger partial charge in [0.1, 0.15) is 0 Å². The number of carbonyl (C=O) groups is 1. The molecule has 1 fully saturated rings. The number of ether oxygens (including phenoxy) is 1. The highest BCUT2D eigenvalue weighted by atomic mass is 32.2. The third kappa shape index (κ3) is 5.30. The molecule has 8 heteroatoms. The molecule has 2 atom stereocenters. The Labute approximate surface area is 108 Å². The van der Waals surface area contributed by atoms with Crippen LogP contribution in [0.25, 0.3) is 0 Å². The number of nitrogens with one attached hydrogen (secondary N) is 3. The average Bonchev–Trinajstić information content (AvgIpc) is 2.71. The largest absolute Gasteiger partial charge is 0.379 e. The summed E-state index contributed by atoms with van der Waals surface area (Å²) < 4.78 is 29.2. The smallest absolute Gasteiger partial charge is 0.227 e. The molecular weight excluding hydrogens is 258 g/mol. The van der Waals surface area contributed by atoms with Crippen molar-refractivity contribution >= 4 is 15.9 Å². The molecule has 7 nitrogen and oxygen atoms in total. The minimum absolute atomic E-state index is 0.0397. The molecule has 1 aliphatic heterocycles. The second-order valence-electron chi connectivity index (χ2n) is 4.27. The number of carbonyl (C=O) groups excluding carboxylic acids is 1. The molecule has 2 unspecified atom stereocenters. The summed E-state index contributed by atoms with van der Waals surface area (Å²) in [4.78, 5) is 11.8. The molecule has 18 heavy (non-hydrogen) atoms. The summed E-state index contributed by atoms with van der Waals surface area (Å²) in [6, 6.07) is 0.0397. The van der Waals surface area contributed by atoms with Crippen molar-refractivity contribution in [3.63, 3.8) is 0 Å². The van der Waals surface area contributed by atoms with Gasteiger partial charge in [-0.25, -0.2) is 13.1 Å². The fraction of sp³-hybridized carbons (Fsp3) is 0.900. The standard InChI is InChI=1S/C10H21N3O4S/c1-3-11-9-7-17-6-8(9)10(14)12-4-5-13-18(2,15)16/h8-9,11,13H,3-7H2,1-2H3,(H,12,14). The fourth-order valence-electron chi connectivity index (χ4n) is 1.83.